The van der Waals surface area contributed by atoms with Gasteiger partial charge >= 0.3 is 0 Å². The lowest BCUT2D eigenvalue weighted by molar-refractivity contribution is 0.378. The van der Waals surface area contributed by atoms with E-state index in [0.29, 0.717) is 12.1 Å². The van der Waals surface area contributed by atoms with Crippen LogP contribution in [0.5, 0.6) is 5.75 Å². The lowest BCUT2D eigenvalue weighted by Crippen LogP contribution is -2.11. The molecule has 0 fully saturated rings. The predicted molar refractivity (Wildman–Crippen MR) is 66.6 cm³/mol. The van der Waals surface area contributed by atoms with Crippen LogP contribution in [0.4, 0.5) is 4.39 Å². The summed E-state index contributed by atoms with van der Waals surface area (Å²) in [4.78, 5) is 5.80. The molecule has 1 aromatic carbocycles. The van der Waals surface area contributed by atoms with Gasteiger partial charge in [-0.05, 0) is 26.2 Å². The van der Waals surface area contributed by atoms with E-state index < -0.39 is 5.82 Å². The van der Waals surface area contributed by atoms with Gasteiger partial charge in [-0.3, -0.25) is 0 Å². The van der Waals surface area contributed by atoms with Crippen molar-refractivity contribution in [1.29, 1.82) is 0 Å². The van der Waals surface area contributed by atoms with Gasteiger partial charge in [-0.2, -0.15) is 4.98 Å². The summed E-state index contributed by atoms with van der Waals surface area (Å²) in [5, 5.41) is 13.8. The van der Waals surface area contributed by atoms with E-state index in [1.165, 1.54) is 12.1 Å². The van der Waals surface area contributed by atoms with Crippen molar-refractivity contribution in [2.24, 2.45) is 5.73 Å². The summed E-state index contributed by atoms with van der Waals surface area (Å²) in [6.45, 7) is 0.492. The molecule has 1 heterocycles. The van der Waals surface area contributed by atoms with Crippen molar-refractivity contribution in [1.82, 2.24) is 15.0 Å². The van der Waals surface area contributed by atoms with E-state index >= 15 is 0 Å². The monoisotopic (exact) mass is 266 g/mol. The second-order valence-corrected chi connectivity index (χ2v) is 4.41. The van der Waals surface area contributed by atoms with E-state index in [4.69, 9.17) is 10.3 Å². The molecule has 102 valence electrons. The first-order valence-corrected chi connectivity index (χ1v) is 5.70. The Kier molecular flexibility index (Phi) is 3.77. The van der Waals surface area contributed by atoms with Crippen molar-refractivity contribution in [3.05, 3.63) is 29.4 Å². The fourth-order valence-corrected chi connectivity index (χ4v) is 1.73. The van der Waals surface area contributed by atoms with Crippen molar-refractivity contribution in [3.8, 4) is 17.1 Å². The predicted octanol–water partition coefficient (Wildman–Crippen LogP) is 1.10. The molecule has 0 radical (unpaired) electrons. The highest BCUT2D eigenvalue weighted by Gasteiger charge is 2.17. The summed E-state index contributed by atoms with van der Waals surface area (Å²) in [6, 6.07) is 2.45. The molecule has 3 N–H and O–H groups in total. The zero-order chi connectivity index (χ0) is 14.0. The van der Waals surface area contributed by atoms with Crippen LogP contribution in [0.1, 0.15) is 11.5 Å². The number of nitrogens with two attached hydrogens (primary N) is 1. The van der Waals surface area contributed by atoms with Crippen LogP contribution in [0, 0.1) is 5.82 Å². The molecule has 19 heavy (non-hydrogen) atoms. The fourth-order valence-electron chi connectivity index (χ4n) is 1.73. The van der Waals surface area contributed by atoms with Crippen LogP contribution >= 0.6 is 0 Å². The van der Waals surface area contributed by atoms with E-state index in [-0.39, 0.29) is 29.6 Å². The smallest absolute Gasteiger partial charge is 0.240 e. The number of benzene rings is 1. The maximum Gasteiger partial charge on any atom is 0.240 e. The first kappa shape index (κ1) is 13.4. The van der Waals surface area contributed by atoms with Crippen molar-refractivity contribution < 1.29 is 14.0 Å². The van der Waals surface area contributed by atoms with Gasteiger partial charge in [-0.15, -0.1) is 0 Å². The van der Waals surface area contributed by atoms with E-state index in [1.807, 2.05) is 19.0 Å². The van der Waals surface area contributed by atoms with Crippen LogP contribution in [0.2, 0.25) is 0 Å². The minimum atomic E-state index is -0.469. The minimum Gasteiger partial charge on any atom is -0.507 e. The number of aromatic nitrogens is 2. The van der Waals surface area contributed by atoms with Crippen molar-refractivity contribution in [3.63, 3.8) is 0 Å². The zero-order valence-electron chi connectivity index (χ0n) is 10.7. The van der Waals surface area contributed by atoms with E-state index in [9.17, 15) is 9.50 Å². The van der Waals surface area contributed by atoms with Gasteiger partial charge in [0.15, 0.2) is 0 Å². The summed E-state index contributed by atoms with van der Waals surface area (Å²) < 4.78 is 18.4. The summed E-state index contributed by atoms with van der Waals surface area (Å²) >= 11 is 0. The van der Waals surface area contributed by atoms with Gasteiger partial charge in [-0.1, -0.05) is 5.16 Å². The number of phenols is 1. The Morgan fingerprint density at radius 2 is 2.16 bits per heavy atom. The topological polar surface area (TPSA) is 88.4 Å². The van der Waals surface area contributed by atoms with Crippen LogP contribution in [-0.2, 0) is 13.1 Å². The van der Waals surface area contributed by atoms with Crippen LogP contribution in [0.3, 0.4) is 0 Å². The summed E-state index contributed by atoms with van der Waals surface area (Å²) in [5.74, 6) is -0.173. The van der Waals surface area contributed by atoms with Gasteiger partial charge in [0, 0.05) is 12.1 Å². The molecular formula is C12H15FN4O2. The molecule has 6 nitrogen and oxygen atoms in total. The van der Waals surface area contributed by atoms with Gasteiger partial charge in [0.1, 0.15) is 11.6 Å². The number of hydrogen-bond acceptors (Lipinski definition) is 6. The summed E-state index contributed by atoms with van der Waals surface area (Å²) in [5.41, 5.74) is 6.02. The maximum absolute atomic E-state index is 13.6. The number of phenolic OH excluding ortho intramolecular Hbond substituents is 1. The minimum absolute atomic E-state index is 0.0560. The third-order valence-electron chi connectivity index (χ3n) is 2.52. The third kappa shape index (κ3) is 2.88. The Morgan fingerprint density at radius 3 is 2.74 bits per heavy atom. The van der Waals surface area contributed by atoms with Crippen molar-refractivity contribution >= 4 is 0 Å². The highest BCUT2D eigenvalue weighted by Crippen LogP contribution is 2.32. The number of hydrogen-bond donors (Lipinski definition) is 2. The Morgan fingerprint density at radius 1 is 1.42 bits per heavy atom. The van der Waals surface area contributed by atoms with Gasteiger partial charge in [0.25, 0.3) is 0 Å². The molecule has 2 aromatic rings. The Labute approximate surface area is 109 Å². The lowest BCUT2D eigenvalue weighted by Gasteiger charge is -2.12. The molecule has 0 unspecified atom stereocenters. The molecule has 7 heteroatoms. The lowest BCUT2D eigenvalue weighted by atomic mass is 10.1. The molecule has 1 aromatic heterocycles. The molecule has 0 spiro atoms. The summed E-state index contributed by atoms with van der Waals surface area (Å²) in [6.07, 6.45) is 0. The third-order valence-corrected chi connectivity index (χ3v) is 2.52. The number of rotatable bonds is 4. The number of nitrogens with zero attached hydrogens (tertiary/aromatic N) is 3. The first-order chi connectivity index (χ1) is 9.01. The Bertz CT molecular complexity index is 583. The molecule has 0 atom stereocenters. The van der Waals surface area contributed by atoms with Crippen molar-refractivity contribution in [2.75, 3.05) is 14.1 Å². The molecule has 0 saturated carbocycles. The van der Waals surface area contributed by atoms with Gasteiger partial charge in [-0.25, -0.2) is 4.39 Å². The highest BCUT2D eigenvalue weighted by atomic mass is 19.1. The molecule has 0 amide bonds. The maximum atomic E-state index is 13.6. The summed E-state index contributed by atoms with van der Waals surface area (Å²) in [7, 11) is 3.65. The van der Waals surface area contributed by atoms with E-state index in [2.05, 4.69) is 10.1 Å². The molecule has 0 aliphatic rings. The average molecular weight is 266 g/mol. The molecule has 2 rings (SSSR count). The van der Waals surface area contributed by atoms with Crippen LogP contribution < -0.4 is 5.73 Å². The fraction of sp³-hybridized carbons (Fsp3) is 0.333. The molecule has 0 aliphatic carbocycles. The van der Waals surface area contributed by atoms with E-state index in [1.54, 1.807) is 0 Å². The largest absolute Gasteiger partial charge is 0.507 e. The zero-order valence-corrected chi connectivity index (χ0v) is 10.7. The Balaban J connectivity index is 2.47. The highest BCUT2D eigenvalue weighted by molar-refractivity contribution is 5.65. The molecule has 0 saturated heterocycles. The number of aromatic hydroxyl groups is 1. The first-order valence-electron chi connectivity index (χ1n) is 5.70. The second-order valence-electron chi connectivity index (χ2n) is 4.41. The van der Waals surface area contributed by atoms with Crippen molar-refractivity contribution in [2.45, 2.75) is 13.1 Å². The van der Waals surface area contributed by atoms with Crippen LogP contribution in [0.25, 0.3) is 11.4 Å². The average Bonchev–Trinajstić information content (AvgIpc) is 2.81. The second kappa shape index (κ2) is 5.33. The standard InChI is InChI=1S/C12H15FN4O2/c1-17(2)6-7-3-8(13)4-9(11(7)18)12-15-10(5-14)19-16-12/h3-4,18H,5-6,14H2,1-2H3. The molecular weight excluding hydrogens is 251 g/mol. The SMILES string of the molecule is CN(C)Cc1cc(F)cc(-c2noc(CN)n2)c1O. The molecule has 0 aliphatic heterocycles. The quantitative estimate of drug-likeness (QED) is 0.861. The Hall–Kier alpha value is -1.99. The van der Waals surface area contributed by atoms with Crippen LogP contribution in [0.15, 0.2) is 16.7 Å². The normalized spacial score (nSPS) is 11.2. The van der Waals surface area contributed by atoms with Crippen LogP contribution in [-0.4, -0.2) is 34.2 Å². The van der Waals surface area contributed by atoms with Gasteiger partial charge in [0.2, 0.25) is 11.7 Å². The molecule has 0 bridgehead atoms. The van der Waals surface area contributed by atoms with E-state index in [0.717, 1.165) is 0 Å². The number of halogens is 1. The van der Waals surface area contributed by atoms with Gasteiger partial charge in [0.05, 0.1) is 12.1 Å². The van der Waals surface area contributed by atoms with Gasteiger partial charge < -0.3 is 20.3 Å².